The molecule has 0 saturated heterocycles. The molecule has 0 radical (unpaired) electrons. The molecule has 0 atom stereocenters. The van der Waals surface area contributed by atoms with Crippen molar-refractivity contribution < 1.29 is 13.2 Å². The number of anilines is 1. The van der Waals surface area contributed by atoms with Crippen molar-refractivity contribution >= 4 is 44.8 Å². The van der Waals surface area contributed by atoms with Crippen LogP contribution in [0, 0.1) is 0 Å². The first-order valence-electron chi connectivity index (χ1n) is 9.53. The molecule has 0 saturated carbocycles. The average Bonchev–Trinajstić information content (AvgIpc) is 2.73. The number of unbranched alkanes of at least 4 members (excludes halogenated alkanes) is 1. The number of nitrogens with zero attached hydrogens (tertiary/aromatic N) is 1. The zero-order valence-corrected chi connectivity index (χ0v) is 18.7. The normalized spacial score (nSPS) is 11.3. The maximum Gasteiger partial charge on any atom is 0.273 e. The van der Waals surface area contributed by atoms with E-state index < -0.39 is 15.9 Å². The minimum absolute atomic E-state index is 0.0395. The minimum atomic E-state index is -4.20. The second kappa shape index (κ2) is 9.65. The number of benzene rings is 3. The van der Waals surface area contributed by atoms with Crippen LogP contribution in [0.25, 0.3) is 0 Å². The Kier molecular flexibility index (Phi) is 7.19. The molecule has 0 aliphatic carbocycles. The first-order valence-corrected chi connectivity index (χ1v) is 11.7. The summed E-state index contributed by atoms with van der Waals surface area (Å²) in [5.74, 6) is -0.725. The average molecular weight is 462 g/mol. The summed E-state index contributed by atoms with van der Waals surface area (Å²) in [4.78, 5) is 13.3. The van der Waals surface area contributed by atoms with Gasteiger partial charge in [-0.3, -0.25) is 4.79 Å². The molecule has 156 valence electrons. The fraction of sp³-hybridized carbons (Fsp3) is 0.174. The van der Waals surface area contributed by atoms with Gasteiger partial charge in [-0.1, -0.05) is 60.8 Å². The van der Waals surface area contributed by atoms with Crippen molar-refractivity contribution in [3.8, 4) is 0 Å². The standard InChI is InChI=1S/C23H21Cl2NO3S/c1-2-3-6-17-9-13-19(14-10-17)26(23(27)21-7-4-5-8-22(21)25)30(28,29)20-15-11-18(24)12-16-20/h4-5,7-16H,2-3,6H2,1H3. The lowest BCUT2D eigenvalue weighted by Crippen LogP contribution is -2.37. The van der Waals surface area contributed by atoms with Crippen LogP contribution in [0.1, 0.15) is 35.7 Å². The Hall–Kier alpha value is -2.34. The Balaban J connectivity index is 2.10. The van der Waals surface area contributed by atoms with Gasteiger partial charge in [0.1, 0.15) is 0 Å². The molecular weight excluding hydrogens is 441 g/mol. The number of halogens is 2. The number of carbonyl (C=O) groups is 1. The van der Waals surface area contributed by atoms with E-state index in [9.17, 15) is 13.2 Å². The number of amides is 1. The summed E-state index contributed by atoms with van der Waals surface area (Å²) in [6, 6.07) is 19.0. The fourth-order valence-electron chi connectivity index (χ4n) is 3.00. The van der Waals surface area contributed by atoms with Crippen molar-refractivity contribution in [1.29, 1.82) is 0 Å². The molecule has 0 spiro atoms. The Bertz CT molecular complexity index is 1130. The third-order valence-corrected chi connectivity index (χ3v) is 6.94. The van der Waals surface area contributed by atoms with Crippen molar-refractivity contribution in [2.24, 2.45) is 0 Å². The topological polar surface area (TPSA) is 54.5 Å². The van der Waals surface area contributed by atoms with Crippen LogP contribution in [-0.4, -0.2) is 14.3 Å². The maximum atomic E-state index is 13.4. The van der Waals surface area contributed by atoms with Gasteiger partial charge < -0.3 is 0 Å². The Morgan fingerprint density at radius 2 is 1.53 bits per heavy atom. The SMILES string of the molecule is CCCCc1ccc(N(C(=O)c2ccccc2Cl)S(=O)(=O)c2ccc(Cl)cc2)cc1. The lowest BCUT2D eigenvalue weighted by molar-refractivity contribution is 0.101. The van der Waals surface area contributed by atoms with Gasteiger partial charge >= 0.3 is 0 Å². The third kappa shape index (κ3) is 4.86. The summed E-state index contributed by atoms with van der Waals surface area (Å²) in [6.07, 6.45) is 2.98. The van der Waals surface area contributed by atoms with Crippen molar-refractivity contribution in [1.82, 2.24) is 0 Å². The molecule has 7 heteroatoms. The summed E-state index contributed by atoms with van der Waals surface area (Å²) in [5.41, 5.74) is 1.43. The molecule has 0 aliphatic heterocycles. The summed E-state index contributed by atoms with van der Waals surface area (Å²) < 4.78 is 27.7. The summed E-state index contributed by atoms with van der Waals surface area (Å²) in [6.45, 7) is 2.11. The minimum Gasteiger partial charge on any atom is -0.268 e. The van der Waals surface area contributed by atoms with E-state index in [1.165, 1.54) is 30.3 Å². The monoisotopic (exact) mass is 461 g/mol. The van der Waals surface area contributed by atoms with E-state index in [2.05, 4.69) is 6.92 Å². The first-order chi connectivity index (χ1) is 14.3. The van der Waals surface area contributed by atoms with E-state index in [0.717, 1.165) is 29.1 Å². The molecule has 0 unspecified atom stereocenters. The number of hydrogen-bond donors (Lipinski definition) is 0. The molecule has 3 aromatic carbocycles. The quantitative estimate of drug-likeness (QED) is 0.410. The highest BCUT2D eigenvalue weighted by Gasteiger charge is 2.32. The van der Waals surface area contributed by atoms with Crippen LogP contribution >= 0.6 is 23.2 Å². The second-order valence-electron chi connectivity index (χ2n) is 6.78. The van der Waals surface area contributed by atoms with Gasteiger partial charge in [0.05, 0.1) is 21.2 Å². The van der Waals surface area contributed by atoms with Crippen LogP contribution in [0.2, 0.25) is 10.0 Å². The first kappa shape index (κ1) is 22.3. The van der Waals surface area contributed by atoms with Gasteiger partial charge in [0.2, 0.25) is 0 Å². The van der Waals surface area contributed by atoms with Crippen molar-refractivity contribution in [2.75, 3.05) is 4.31 Å². The smallest absolute Gasteiger partial charge is 0.268 e. The number of aryl methyl sites for hydroxylation is 1. The van der Waals surface area contributed by atoms with Crippen LogP contribution in [0.5, 0.6) is 0 Å². The Morgan fingerprint density at radius 1 is 0.900 bits per heavy atom. The highest BCUT2D eigenvalue weighted by Crippen LogP contribution is 2.29. The Morgan fingerprint density at radius 3 is 2.13 bits per heavy atom. The van der Waals surface area contributed by atoms with Crippen LogP contribution in [0.4, 0.5) is 5.69 Å². The number of rotatable bonds is 7. The maximum absolute atomic E-state index is 13.4. The van der Waals surface area contributed by atoms with E-state index in [1.54, 1.807) is 30.3 Å². The molecule has 0 aromatic heterocycles. The molecule has 0 heterocycles. The number of sulfonamides is 1. The molecule has 3 rings (SSSR count). The number of carbonyl (C=O) groups excluding carboxylic acids is 1. The second-order valence-corrected chi connectivity index (χ2v) is 9.41. The zero-order chi connectivity index (χ0) is 21.7. The summed E-state index contributed by atoms with van der Waals surface area (Å²) in [5, 5.41) is 0.580. The summed E-state index contributed by atoms with van der Waals surface area (Å²) in [7, 11) is -4.20. The van der Waals surface area contributed by atoms with Gasteiger partial charge in [-0.15, -0.1) is 0 Å². The van der Waals surface area contributed by atoms with Gasteiger partial charge in [0.15, 0.2) is 0 Å². The van der Waals surface area contributed by atoms with Gasteiger partial charge in [-0.05, 0) is 66.9 Å². The lowest BCUT2D eigenvalue weighted by Gasteiger charge is -2.23. The molecule has 3 aromatic rings. The molecule has 0 bridgehead atoms. The van der Waals surface area contributed by atoms with E-state index in [-0.39, 0.29) is 21.2 Å². The van der Waals surface area contributed by atoms with Crippen molar-refractivity contribution in [2.45, 2.75) is 31.1 Å². The van der Waals surface area contributed by atoms with Crippen molar-refractivity contribution in [3.63, 3.8) is 0 Å². The zero-order valence-electron chi connectivity index (χ0n) is 16.4. The molecule has 0 fully saturated rings. The lowest BCUT2D eigenvalue weighted by atomic mass is 10.1. The number of hydrogen-bond acceptors (Lipinski definition) is 3. The largest absolute Gasteiger partial charge is 0.273 e. The highest BCUT2D eigenvalue weighted by atomic mass is 35.5. The van der Waals surface area contributed by atoms with Gasteiger partial charge in [0.25, 0.3) is 15.9 Å². The molecule has 0 aliphatic rings. The fourth-order valence-corrected chi connectivity index (χ4v) is 4.75. The van der Waals surface area contributed by atoms with Crippen LogP contribution in [0.3, 0.4) is 0 Å². The van der Waals surface area contributed by atoms with E-state index in [4.69, 9.17) is 23.2 Å². The Labute approximate surface area is 187 Å². The van der Waals surface area contributed by atoms with Crippen LogP contribution in [0.15, 0.2) is 77.7 Å². The molecule has 30 heavy (non-hydrogen) atoms. The predicted octanol–water partition coefficient (Wildman–Crippen LogP) is 6.37. The van der Waals surface area contributed by atoms with E-state index >= 15 is 0 Å². The molecular formula is C23H21Cl2NO3S. The van der Waals surface area contributed by atoms with E-state index in [1.807, 2.05) is 12.1 Å². The molecule has 0 N–H and O–H groups in total. The van der Waals surface area contributed by atoms with Crippen molar-refractivity contribution in [3.05, 3.63) is 94.0 Å². The summed E-state index contributed by atoms with van der Waals surface area (Å²) >= 11 is 12.1. The van der Waals surface area contributed by atoms with E-state index in [0.29, 0.717) is 5.02 Å². The van der Waals surface area contributed by atoms with Gasteiger partial charge in [-0.25, -0.2) is 8.42 Å². The predicted molar refractivity (Wildman–Crippen MR) is 122 cm³/mol. The molecule has 1 amide bonds. The molecule has 4 nitrogen and oxygen atoms in total. The van der Waals surface area contributed by atoms with Crippen LogP contribution in [-0.2, 0) is 16.4 Å². The van der Waals surface area contributed by atoms with Crippen LogP contribution < -0.4 is 4.31 Å². The van der Waals surface area contributed by atoms with Gasteiger partial charge in [0, 0.05) is 5.02 Å². The third-order valence-electron chi connectivity index (χ3n) is 4.63. The van der Waals surface area contributed by atoms with Gasteiger partial charge in [-0.2, -0.15) is 4.31 Å². The highest BCUT2D eigenvalue weighted by molar-refractivity contribution is 7.93.